The second-order valence-corrected chi connectivity index (χ2v) is 5.62. The molecule has 1 aromatic carbocycles. The van der Waals surface area contributed by atoms with E-state index in [4.69, 9.17) is 16.0 Å². The Balaban J connectivity index is 1.86. The van der Waals surface area contributed by atoms with Crippen LogP contribution < -0.4 is 5.32 Å². The summed E-state index contributed by atoms with van der Waals surface area (Å²) < 4.78 is 7.79. The predicted octanol–water partition coefficient (Wildman–Crippen LogP) is 3.84. The number of halogens is 2. The third-order valence-corrected chi connectivity index (χ3v) is 3.71. The molecule has 0 spiro atoms. The van der Waals surface area contributed by atoms with Crippen LogP contribution in [0.1, 0.15) is 18.7 Å². The summed E-state index contributed by atoms with van der Waals surface area (Å²) in [7, 11) is 0. The van der Waals surface area contributed by atoms with Crippen molar-refractivity contribution in [3.05, 3.63) is 52.1 Å². The monoisotopic (exact) mass is 367 g/mol. The van der Waals surface area contributed by atoms with Gasteiger partial charge >= 0.3 is 0 Å². The largest absolute Gasteiger partial charge is 0.452 e. The van der Waals surface area contributed by atoms with Crippen LogP contribution in [0, 0.1) is 0 Å². The van der Waals surface area contributed by atoms with Crippen LogP contribution in [0.3, 0.4) is 0 Å². The van der Waals surface area contributed by atoms with Crippen LogP contribution in [-0.4, -0.2) is 20.2 Å². The van der Waals surface area contributed by atoms with Crippen molar-refractivity contribution in [2.75, 3.05) is 5.32 Å². The molecule has 0 saturated heterocycles. The second-order valence-electron chi connectivity index (χ2n) is 4.43. The van der Waals surface area contributed by atoms with E-state index < -0.39 is 0 Å². The van der Waals surface area contributed by atoms with Crippen LogP contribution in [0.2, 0.25) is 5.02 Å². The number of anilines is 1. The normalized spacial score (nSPS) is 12.3. The van der Waals surface area contributed by atoms with E-state index in [-0.39, 0.29) is 6.04 Å². The fourth-order valence-electron chi connectivity index (χ4n) is 1.91. The summed E-state index contributed by atoms with van der Waals surface area (Å²) in [6, 6.07) is 9.25. The van der Waals surface area contributed by atoms with Gasteiger partial charge in [0.15, 0.2) is 4.67 Å². The van der Waals surface area contributed by atoms with E-state index in [1.54, 1.807) is 10.7 Å². The maximum Gasteiger partial charge on any atom is 0.169 e. The topological polar surface area (TPSA) is 68.8 Å². The highest BCUT2D eigenvalue weighted by molar-refractivity contribution is 9.10. The highest BCUT2D eigenvalue weighted by Crippen LogP contribution is 2.29. The Kier molecular flexibility index (Phi) is 3.94. The van der Waals surface area contributed by atoms with Crippen LogP contribution in [0.5, 0.6) is 0 Å². The fourth-order valence-corrected chi connectivity index (χ4v) is 2.40. The van der Waals surface area contributed by atoms with Gasteiger partial charge in [-0.05, 0) is 63.6 Å². The molecule has 0 radical (unpaired) electrons. The van der Waals surface area contributed by atoms with E-state index in [9.17, 15) is 0 Å². The predicted molar refractivity (Wildman–Crippen MR) is 82.6 cm³/mol. The highest BCUT2D eigenvalue weighted by Gasteiger charge is 2.12. The molecular formula is C13H11BrClN5O. The SMILES string of the molecule is CC(Nc1cc(-n2cnnn2)ccc1Cl)c1ccc(Br)o1. The molecule has 8 heteroatoms. The van der Waals surface area contributed by atoms with Gasteiger partial charge in [-0.25, -0.2) is 4.68 Å². The molecule has 1 N–H and O–H groups in total. The zero-order chi connectivity index (χ0) is 14.8. The van der Waals surface area contributed by atoms with E-state index in [1.165, 1.54) is 6.33 Å². The number of hydrogen-bond donors (Lipinski definition) is 1. The Morgan fingerprint density at radius 3 is 2.86 bits per heavy atom. The van der Waals surface area contributed by atoms with Gasteiger partial charge in [0, 0.05) is 0 Å². The number of furan rings is 1. The van der Waals surface area contributed by atoms with Crippen molar-refractivity contribution in [1.29, 1.82) is 0 Å². The van der Waals surface area contributed by atoms with Crippen LogP contribution in [0.4, 0.5) is 5.69 Å². The fraction of sp³-hybridized carbons (Fsp3) is 0.154. The molecule has 0 aliphatic rings. The highest BCUT2D eigenvalue weighted by atomic mass is 79.9. The summed E-state index contributed by atoms with van der Waals surface area (Å²) in [6.45, 7) is 1.99. The Morgan fingerprint density at radius 2 is 2.19 bits per heavy atom. The van der Waals surface area contributed by atoms with Crippen molar-refractivity contribution in [3.63, 3.8) is 0 Å². The van der Waals surface area contributed by atoms with Gasteiger partial charge in [0.2, 0.25) is 0 Å². The maximum atomic E-state index is 6.23. The van der Waals surface area contributed by atoms with Crippen molar-refractivity contribution in [3.8, 4) is 5.69 Å². The van der Waals surface area contributed by atoms with Gasteiger partial charge in [-0.2, -0.15) is 0 Å². The average molecular weight is 369 g/mol. The molecule has 0 aliphatic heterocycles. The van der Waals surface area contributed by atoms with Gasteiger partial charge in [0.05, 0.1) is 22.4 Å². The molecule has 0 fully saturated rings. The van der Waals surface area contributed by atoms with Gasteiger partial charge < -0.3 is 9.73 Å². The minimum atomic E-state index is -0.0297. The van der Waals surface area contributed by atoms with Crippen molar-refractivity contribution in [2.24, 2.45) is 0 Å². The third kappa shape index (κ3) is 3.08. The average Bonchev–Trinajstić information content (AvgIpc) is 3.12. The van der Waals surface area contributed by atoms with Crippen LogP contribution in [-0.2, 0) is 0 Å². The van der Waals surface area contributed by atoms with Crippen LogP contribution in [0.25, 0.3) is 5.69 Å². The molecule has 2 heterocycles. The number of nitrogens with zero attached hydrogens (tertiary/aromatic N) is 4. The molecule has 21 heavy (non-hydrogen) atoms. The Hall–Kier alpha value is -1.86. The van der Waals surface area contributed by atoms with Gasteiger partial charge in [0.25, 0.3) is 0 Å². The van der Waals surface area contributed by atoms with E-state index >= 15 is 0 Å². The first-order valence-corrected chi connectivity index (χ1v) is 7.35. The molecule has 1 unspecified atom stereocenters. The summed E-state index contributed by atoms with van der Waals surface area (Å²) in [6.07, 6.45) is 1.53. The van der Waals surface area contributed by atoms with Crippen LogP contribution >= 0.6 is 27.5 Å². The number of rotatable bonds is 4. The molecule has 3 rings (SSSR count). The van der Waals surface area contributed by atoms with Gasteiger partial charge in [-0.3, -0.25) is 0 Å². The molecule has 0 bridgehead atoms. The lowest BCUT2D eigenvalue weighted by Gasteiger charge is -2.15. The number of aromatic nitrogens is 4. The van der Waals surface area contributed by atoms with Gasteiger partial charge in [0.1, 0.15) is 12.1 Å². The van der Waals surface area contributed by atoms with Crippen molar-refractivity contribution >= 4 is 33.2 Å². The summed E-state index contributed by atoms with van der Waals surface area (Å²) in [4.78, 5) is 0. The van der Waals surface area contributed by atoms with E-state index in [0.29, 0.717) is 9.69 Å². The molecule has 2 aromatic heterocycles. The van der Waals surface area contributed by atoms with Gasteiger partial charge in [-0.15, -0.1) is 5.10 Å². The van der Waals surface area contributed by atoms with Crippen LogP contribution in [0.15, 0.2) is 45.7 Å². The van der Waals surface area contributed by atoms with E-state index in [0.717, 1.165) is 17.1 Å². The smallest absolute Gasteiger partial charge is 0.169 e. The summed E-state index contributed by atoms with van der Waals surface area (Å²) in [5, 5.41) is 15.0. The quantitative estimate of drug-likeness (QED) is 0.757. The van der Waals surface area contributed by atoms with Gasteiger partial charge in [-0.1, -0.05) is 11.6 Å². The Bertz CT molecular complexity index is 743. The summed E-state index contributed by atoms with van der Waals surface area (Å²) >= 11 is 9.52. The molecule has 3 aromatic rings. The van der Waals surface area contributed by atoms with Crippen molar-refractivity contribution in [2.45, 2.75) is 13.0 Å². The molecule has 108 valence electrons. The number of tetrazole rings is 1. The molecule has 6 nitrogen and oxygen atoms in total. The van der Waals surface area contributed by atoms with Crippen molar-refractivity contribution < 1.29 is 4.42 Å². The van der Waals surface area contributed by atoms with E-state index in [2.05, 4.69) is 36.8 Å². The first-order chi connectivity index (χ1) is 10.1. The minimum absolute atomic E-state index is 0.0297. The molecule has 1 atom stereocenters. The zero-order valence-corrected chi connectivity index (χ0v) is 13.3. The molecule has 0 amide bonds. The third-order valence-electron chi connectivity index (χ3n) is 2.96. The summed E-state index contributed by atoms with van der Waals surface area (Å²) in [5.74, 6) is 0.811. The Morgan fingerprint density at radius 1 is 1.33 bits per heavy atom. The second kappa shape index (κ2) is 5.87. The lowest BCUT2D eigenvalue weighted by Crippen LogP contribution is -2.07. The first-order valence-electron chi connectivity index (χ1n) is 6.18. The standard InChI is InChI=1S/C13H11BrClN5O/c1-8(12-4-5-13(14)21-12)17-11-6-9(2-3-10(11)15)20-7-16-18-19-20/h2-8,17H,1H3. The number of hydrogen-bond acceptors (Lipinski definition) is 5. The Labute approximate surface area is 134 Å². The van der Waals surface area contributed by atoms with Crippen molar-refractivity contribution in [1.82, 2.24) is 20.2 Å². The minimum Gasteiger partial charge on any atom is -0.452 e. The zero-order valence-electron chi connectivity index (χ0n) is 11.0. The van der Waals surface area contributed by atoms with E-state index in [1.807, 2.05) is 31.2 Å². The number of nitrogens with one attached hydrogen (secondary N) is 1. The molecule has 0 saturated carbocycles. The lowest BCUT2D eigenvalue weighted by atomic mass is 10.2. The molecule has 0 aliphatic carbocycles. The lowest BCUT2D eigenvalue weighted by molar-refractivity contribution is 0.471. The number of benzene rings is 1. The maximum absolute atomic E-state index is 6.23. The molecular weight excluding hydrogens is 358 g/mol. The summed E-state index contributed by atoms with van der Waals surface area (Å²) in [5.41, 5.74) is 1.60. The first kappa shape index (κ1) is 14.1.